The van der Waals surface area contributed by atoms with E-state index in [4.69, 9.17) is 14.2 Å². The van der Waals surface area contributed by atoms with Crippen molar-refractivity contribution in [3.8, 4) is 0 Å². The van der Waals surface area contributed by atoms with Gasteiger partial charge in [0.05, 0.1) is 0 Å². The van der Waals surface area contributed by atoms with Crippen LogP contribution >= 0.6 is 0 Å². The van der Waals surface area contributed by atoms with E-state index in [9.17, 15) is 24.9 Å². The molecule has 1 fully saturated rings. The molecule has 0 aliphatic carbocycles. The Morgan fingerprint density at radius 3 is 2.18 bits per heavy atom. The van der Waals surface area contributed by atoms with Crippen LogP contribution in [0.25, 0.3) is 0 Å². The average molecular weight is 320 g/mol. The first kappa shape index (κ1) is 18.8. The maximum Gasteiger partial charge on any atom is 0.306 e. The van der Waals surface area contributed by atoms with Gasteiger partial charge in [0.25, 0.3) is 0 Å². The van der Waals surface area contributed by atoms with Crippen LogP contribution in [0.5, 0.6) is 0 Å². The number of hydrogen-bond donors (Lipinski definition) is 3. The van der Waals surface area contributed by atoms with Crippen LogP contribution in [0.4, 0.5) is 0 Å². The number of ether oxygens (including phenoxy) is 3. The Labute approximate surface area is 129 Å². The third kappa shape index (κ3) is 5.20. The van der Waals surface area contributed by atoms with Gasteiger partial charge >= 0.3 is 11.9 Å². The molecule has 5 atom stereocenters. The van der Waals surface area contributed by atoms with Crippen LogP contribution in [0.15, 0.2) is 0 Å². The Hall–Kier alpha value is -1.22. The van der Waals surface area contributed by atoms with Gasteiger partial charge in [-0.05, 0) is 12.8 Å². The molecule has 128 valence electrons. The van der Waals surface area contributed by atoms with E-state index in [1.807, 2.05) is 6.92 Å². The fourth-order valence-electron chi connectivity index (χ4n) is 2.05. The zero-order valence-electron chi connectivity index (χ0n) is 12.8. The van der Waals surface area contributed by atoms with E-state index in [0.717, 1.165) is 0 Å². The van der Waals surface area contributed by atoms with Crippen molar-refractivity contribution < 1.29 is 39.1 Å². The molecule has 0 amide bonds. The summed E-state index contributed by atoms with van der Waals surface area (Å²) in [7, 11) is 0. The number of carbonyl (C=O) groups excluding carboxylic acids is 2. The highest BCUT2D eigenvalue weighted by Crippen LogP contribution is 2.23. The summed E-state index contributed by atoms with van der Waals surface area (Å²) in [6, 6.07) is 0. The summed E-state index contributed by atoms with van der Waals surface area (Å²) in [6.45, 7) is 3.29. The number of rotatable bonds is 7. The lowest BCUT2D eigenvalue weighted by Gasteiger charge is -2.39. The van der Waals surface area contributed by atoms with E-state index < -0.39 is 42.6 Å². The molecule has 0 spiro atoms. The van der Waals surface area contributed by atoms with Gasteiger partial charge in [0, 0.05) is 12.8 Å². The molecule has 0 bridgehead atoms. The summed E-state index contributed by atoms with van der Waals surface area (Å²) < 4.78 is 14.9. The van der Waals surface area contributed by atoms with Gasteiger partial charge in [-0.2, -0.15) is 0 Å². The summed E-state index contributed by atoms with van der Waals surface area (Å²) >= 11 is 0. The van der Waals surface area contributed by atoms with Crippen LogP contribution in [0.1, 0.15) is 39.5 Å². The second-order valence-corrected chi connectivity index (χ2v) is 5.18. The minimum Gasteiger partial charge on any atom is -0.463 e. The largest absolute Gasteiger partial charge is 0.463 e. The summed E-state index contributed by atoms with van der Waals surface area (Å²) in [4.78, 5) is 22.7. The Bertz CT molecular complexity index is 370. The molecule has 0 saturated carbocycles. The molecule has 8 heteroatoms. The number of carbonyl (C=O) groups is 2. The second-order valence-electron chi connectivity index (χ2n) is 5.18. The van der Waals surface area contributed by atoms with Crippen LogP contribution in [0.3, 0.4) is 0 Å². The van der Waals surface area contributed by atoms with E-state index in [2.05, 4.69) is 0 Å². The predicted octanol–water partition coefficient (Wildman–Crippen LogP) is -0.519. The predicted molar refractivity (Wildman–Crippen MR) is 73.5 cm³/mol. The van der Waals surface area contributed by atoms with Crippen molar-refractivity contribution in [2.75, 3.05) is 6.61 Å². The van der Waals surface area contributed by atoms with Gasteiger partial charge < -0.3 is 29.5 Å². The lowest BCUT2D eigenvalue weighted by molar-refractivity contribution is -0.291. The first-order valence-electron chi connectivity index (χ1n) is 7.45. The number of aliphatic hydroxyl groups excluding tert-OH is 3. The summed E-state index contributed by atoms with van der Waals surface area (Å²) in [5.41, 5.74) is 0. The van der Waals surface area contributed by atoms with Crippen molar-refractivity contribution in [3.05, 3.63) is 0 Å². The molecular formula is C14H24O8. The summed E-state index contributed by atoms with van der Waals surface area (Å²) in [6.07, 6.45) is -5.52. The molecule has 22 heavy (non-hydrogen) atoms. The molecule has 1 rings (SSSR count). The molecule has 0 unspecified atom stereocenters. The Balaban J connectivity index is 2.56. The number of hydrogen-bond acceptors (Lipinski definition) is 8. The zero-order valence-corrected chi connectivity index (χ0v) is 12.8. The number of aliphatic hydroxyl groups is 3. The van der Waals surface area contributed by atoms with Crippen LogP contribution in [-0.2, 0) is 23.8 Å². The Morgan fingerprint density at radius 2 is 1.59 bits per heavy atom. The quantitative estimate of drug-likeness (QED) is 0.536. The van der Waals surface area contributed by atoms with Crippen LogP contribution < -0.4 is 0 Å². The first-order chi connectivity index (χ1) is 10.4. The molecule has 1 aliphatic rings. The third-order valence-corrected chi connectivity index (χ3v) is 3.25. The van der Waals surface area contributed by atoms with Gasteiger partial charge in [0.15, 0.2) is 12.4 Å². The van der Waals surface area contributed by atoms with Crippen molar-refractivity contribution in [1.29, 1.82) is 0 Å². The van der Waals surface area contributed by atoms with Crippen molar-refractivity contribution in [2.24, 2.45) is 0 Å². The van der Waals surface area contributed by atoms with Crippen LogP contribution in [0, 0.1) is 0 Å². The molecule has 3 N–H and O–H groups in total. The topological polar surface area (TPSA) is 123 Å². The SMILES string of the molecule is CCCC(=O)OC[C@H]1O[C@H](O)[C@@H](OC(=O)CCC)[C@@H](O)[C@@H]1O. The molecule has 0 aromatic carbocycles. The monoisotopic (exact) mass is 320 g/mol. The Morgan fingerprint density at radius 1 is 1.00 bits per heavy atom. The van der Waals surface area contributed by atoms with E-state index >= 15 is 0 Å². The molecule has 1 heterocycles. The average Bonchev–Trinajstić information content (AvgIpc) is 2.46. The van der Waals surface area contributed by atoms with Crippen molar-refractivity contribution in [2.45, 2.75) is 70.2 Å². The lowest BCUT2D eigenvalue weighted by atomic mass is 9.99. The van der Waals surface area contributed by atoms with Gasteiger partial charge in [-0.15, -0.1) is 0 Å². The standard InChI is InChI=1S/C14H24O8/c1-3-5-9(15)20-7-8-11(17)12(18)13(14(19)21-8)22-10(16)6-4-2/h8,11-14,17-19H,3-7H2,1-2H3/t8-,11-,12+,13+,14+/m1/s1. The van der Waals surface area contributed by atoms with Crippen LogP contribution in [0.2, 0.25) is 0 Å². The fourth-order valence-corrected chi connectivity index (χ4v) is 2.05. The van der Waals surface area contributed by atoms with E-state index in [-0.39, 0.29) is 19.4 Å². The minimum atomic E-state index is -1.60. The summed E-state index contributed by atoms with van der Waals surface area (Å²) in [5, 5.41) is 29.7. The maximum atomic E-state index is 11.4. The van der Waals surface area contributed by atoms with Crippen molar-refractivity contribution >= 4 is 11.9 Å². The van der Waals surface area contributed by atoms with E-state index in [1.165, 1.54) is 0 Å². The van der Waals surface area contributed by atoms with Gasteiger partial charge in [-0.3, -0.25) is 9.59 Å². The highest BCUT2D eigenvalue weighted by Gasteiger charge is 2.46. The smallest absolute Gasteiger partial charge is 0.306 e. The normalized spacial score (nSPS) is 31.6. The molecule has 0 aromatic heterocycles. The fraction of sp³-hybridized carbons (Fsp3) is 0.857. The van der Waals surface area contributed by atoms with E-state index in [0.29, 0.717) is 12.8 Å². The molecule has 1 aliphatic heterocycles. The second kappa shape index (κ2) is 9.04. The van der Waals surface area contributed by atoms with E-state index in [1.54, 1.807) is 6.92 Å². The molecule has 0 radical (unpaired) electrons. The molecule has 1 saturated heterocycles. The Kier molecular flexibility index (Phi) is 7.74. The van der Waals surface area contributed by atoms with Gasteiger partial charge in [-0.25, -0.2) is 0 Å². The number of esters is 2. The molecule has 8 nitrogen and oxygen atoms in total. The van der Waals surface area contributed by atoms with Crippen molar-refractivity contribution in [1.82, 2.24) is 0 Å². The molecule has 0 aromatic rings. The molecular weight excluding hydrogens is 296 g/mol. The zero-order chi connectivity index (χ0) is 16.7. The highest BCUT2D eigenvalue weighted by atomic mass is 16.7. The lowest BCUT2D eigenvalue weighted by Crippen LogP contribution is -2.60. The van der Waals surface area contributed by atoms with Gasteiger partial charge in [0.2, 0.25) is 0 Å². The van der Waals surface area contributed by atoms with Gasteiger partial charge in [-0.1, -0.05) is 13.8 Å². The van der Waals surface area contributed by atoms with Gasteiger partial charge in [0.1, 0.15) is 24.9 Å². The summed E-state index contributed by atoms with van der Waals surface area (Å²) in [5.74, 6) is -1.06. The maximum absolute atomic E-state index is 11.4. The first-order valence-corrected chi connectivity index (χ1v) is 7.45. The van der Waals surface area contributed by atoms with Crippen LogP contribution in [-0.4, -0.2) is 64.6 Å². The highest BCUT2D eigenvalue weighted by molar-refractivity contribution is 5.69. The van der Waals surface area contributed by atoms with Crippen molar-refractivity contribution in [3.63, 3.8) is 0 Å². The third-order valence-electron chi connectivity index (χ3n) is 3.25. The minimum absolute atomic E-state index is 0.129.